The highest BCUT2D eigenvalue weighted by Crippen LogP contribution is 2.29. The molecule has 0 radical (unpaired) electrons. The first-order valence-electron chi connectivity index (χ1n) is 9.95. The lowest BCUT2D eigenvalue weighted by atomic mass is 10.2. The molecule has 0 saturated heterocycles. The summed E-state index contributed by atoms with van der Waals surface area (Å²) in [5.41, 5.74) is 2.16. The standard InChI is InChI=1S/C23H28N4O2S.HI/c1-4-24-23(27-15-22-25-13-17(2)30-22)26-14-19-10-11-20(21(12-19)28-3)29-16-18-8-6-5-7-9-18;/h5-13H,4,14-16H2,1-3H3,(H2,24,26,27);1H. The molecule has 31 heavy (non-hydrogen) atoms. The van der Waals surface area contributed by atoms with Crippen LogP contribution in [0.2, 0.25) is 0 Å². The zero-order valence-corrected chi connectivity index (χ0v) is 21.2. The lowest BCUT2D eigenvalue weighted by Gasteiger charge is -2.13. The maximum atomic E-state index is 5.93. The van der Waals surface area contributed by atoms with E-state index < -0.39 is 0 Å². The summed E-state index contributed by atoms with van der Waals surface area (Å²) in [6, 6.07) is 16.0. The van der Waals surface area contributed by atoms with Crippen LogP contribution in [0.4, 0.5) is 0 Å². The first-order valence-corrected chi connectivity index (χ1v) is 10.8. The molecular weight excluding hydrogens is 523 g/mol. The monoisotopic (exact) mass is 552 g/mol. The first kappa shape index (κ1) is 24.9. The molecule has 2 N–H and O–H groups in total. The number of benzene rings is 2. The van der Waals surface area contributed by atoms with Crippen molar-refractivity contribution in [1.82, 2.24) is 15.6 Å². The van der Waals surface area contributed by atoms with Gasteiger partial charge in [-0.05, 0) is 37.1 Å². The van der Waals surface area contributed by atoms with E-state index >= 15 is 0 Å². The molecule has 0 aliphatic heterocycles. The van der Waals surface area contributed by atoms with Gasteiger partial charge in [-0.1, -0.05) is 36.4 Å². The second-order valence-corrected chi connectivity index (χ2v) is 7.99. The summed E-state index contributed by atoms with van der Waals surface area (Å²) in [5, 5.41) is 7.64. The molecule has 1 aromatic heterocycles. The number of nitrogens with one attached hydrogen (secondary N) is 2. The highest BCUT2D eigenvalue weighted by Gasteiger charge is 2.07. The largest absolute Gasteiger partial charge is 0.493 e. The van der Waals surface area contributed by atoms with Crippen LogP contribution in [-0.2, 0) is 19.7 Å². The van der Waals surface area contributed by atoms with Gasteiger partial charge in [-0.2, -0.15) is 0 Å². The van der Waals surface area contributed by atoms with Crippen LogP contribution in [-0.4, -0.2) is 24.6 Å². The molecule has 0 amide bonds. The second kappa shape index (κ2) is 13.2. The van der Waals surface area contributed by atoms with Crippen molar-refractivity contribution in [3.05, 3.63) is 75.7 Å². The summed E-state index contributed by atoms with van der Waals surface area (Å²) in [6.07, 6.45) is 1.89. The Balaban J connectivity index is 0.00000341. The topological polar surface area (TPSA) is 67.8 Å². The Hall–Kier alpha value is -2.33. The van der Waals surface area contributed by atoms with Gasteiger partial charge in [0.1, 0.15) is 11.6 Å². The lowest BCUT2D eigenvalue weighted by molar-refractivity contribution is 0.284. The fraction of sp³-hybridized carbons (Fsp3) is 0.304. The number of ether oxygens (including phenoxy) is 2. The molecule has 0 fully saturated rings. The highest BCUT2D eigenvalue weighted by molar-refractivity contribution is 14.0. The predicted octanol–water partition coefficient (Wildman–Crippen LogP) is 4.91. The van der Waals surface area contributed by atoms with Gasteiger partial charge in [-0.25, -0.2) is 9.98 Å². The number of halogens is 1. The highest BCUT2D eigenvalue weighted by atomic mass is 127. The zero-order chi connectivity index (χ0) is 21.2. The van der Waals surface area contributed by atoms with Crippen LogP contribution in [0.25, 0.3) is 0 Å². The molecule has 166 valence electrons. The molecule has 0 unspecified atom stereocenters. The Morgan fingerprint density at radius 2 is 1.87 bits per heavy atom. The van der Waals surface area contributed by atoms with Gasteiger partial charge in [0.25, 0.3) is 0 Å². The van der Waals surface area contributed by atoms with E-state index in [1.165, 1.54) is 4.88 Å². The molecule has 0 bridgehead atoms. The minimum Gasteiger partial charge on any atom is -0.493 e. The summed E-state index contributed by atoms with van der Waals surface area (Å²) in [6.45, 7) is 6.58. The molecule has 8 heteroatoms. The molecular formula is C23H29IN4O2S. The SMILES string of the molecule is CCNC(=NCc1ccc(OCc2ccccc2)c(OC)c1)NCc1ncc(C)s1.I. The third kappa shape index (κ3) is 8.02. The molecule has 3 rings (SSSR count). The van der Waals surface area contributed by atoms with E-state index in [0.717, 1.165) is 34.4 Å². The Bertz CT molecular complexity index is 963. The van der Waals surface area contributed by atoms with Crippen molar-refractivity contribution in [1.29, 1.82) is 0 Å². The van der Waals surface area contributed by atoms with Crippen molar-refractivity contribution >= 4 is 41.3 Å². The molecule has 2 aromatic carbocycles. The fourth-order valence-corrected chi connectivity index (χ4v) is 3.55. The number of methoxy groups -OCH3 is 1. The summed E-state index contributed by atoms with van der Waals surface area (Å²) < 4.78 is 11.5. The molecule has 0 aliphatic carbocycles. The van der Waals surface area contributed by atoms with E-state index in [1.807, 2.05) is 61.7 Å². The number of aryl methyl sites for hydroxylation is 1. The minimum absolute atomic E-state index is 0. The van der Waals surface area contributed by atoms with Gasteiger partial charge in [0.05, 0.1) is 20.2 Å². The van der Waals surface area contributed by atoms with Gasteiger partial charge in [-0.15, -0.1) is 35.3 Å². The van der Waals surface area contributed by atoms with Crippen molar-refractivity contribution in [3.8, 4) is 11.5 Å². The molecule has 6 nitrogen and oxygen atoms in total. The van der Waals surface area contributed by atoms with Gasteiger partial charge in [0.2, 0.25) is 0 Å². The maximum absolute atomic E-state index is 5.93. The van der Waals surface area contributed by atoms with Crippen molar-refractivity contribution in [2.45, 2.75) is 33.5 Å². The van der Waals surface area contributed by atoms with Crippen LogP contribution < -0.4 is 20.1 Å². The summed E-state index contributed by atoms with van der Waals surface area (Å²) >= 11 is 1.68. The third-order valence-electron chi connectivity index (χ3n) is 4.31. The predicted molar refractivity (Wildman–Crippen MR) is 138 cm³/mol. The number of aliphatic imine (C=N–C) groups is 1. The number of rotatable bonds is 9. The quantitative estimate of drug-likeness (QED) is 0.224. The van der Waals surface area contributed by atoms with E-state index in [-0.39, 0.29) is 24.0 Å². The molecule has 0 saturated carbocycles. The molecule has 0 spiro atoms. The number of hydrogen-bond acceptors (Lipinski definition) is 5. The normalized spacial score (nSPS) is 10.9. The van der Waals surface area contributed by atoms with Crippen molar-refractivity contribution in [2.24, 2.45) is 4.99 Å². The average Bonchev–Trinajstić information content (AvgIpc) is 3.20. The van der Waals surface area contributed by atoms with Crippen LogP contribution >= 0.6 is 35.3 Å². The van der Waals surface area contributed by atoms with E-state index in [1.54, 1.807) is 18.4 Å². The summed E-state index contributed by atoms with van der Waals surface area (Å²) in [7, 11) is 1.65. The van der Waals surface area contributed by atoms with E-state index in [4.69, 9.17) is 9.47 Å². The summed E-state index contributed by atoms with van der Waals surface area (Å²) in [5.74, 6) is 2.18. The Morgan fingerprint density at radius 3 is 2.55 bits per heavy atom. The van der Waals surface area contributed by atoms with Crippen LogP contribution in [0.5, 0.6) is 11.5 Å². The summed E-state index contributed by atoms with van der Waals surface area (Å²) in [4.78, 5) is 10.3. The van der Waals surface area contributed by atoms with Gasteiger partial charge < -0.3 is 20.1 Å². The molecule has 0 atom stereocenters. The van der Waals surface area contributed by atoms with Gasteiger partial charge in [0, 0.05) is 17.6 Å². The maximum Gasteiger partial charge on any atom is 0.191 e. The van der Waals surface area contributed by atoms with Crippen LogP contribution in [0.3, 0.4) is 0 Å². The fourth-order valence-electron chi connectivity index (χ4n) is 2.82. The van der Waals surface area contributed by atoms with Crippen molar-refractivity contribution < 1.29 is 9.47 Å². The number of guanidine groups is 1. The Labute approximate surface area is 205 Å². The average molecular weight is 552 g/mol. The second-order valence-electron chi connectivity index (χ2n) is 6.67. The number of thiazole rings is 1. The lowest BCUT2D eigenvalue weighted by Crippen LogP contribution is -2.36. The van der Waals surface area contributed by atoms with Crippen molar-refractivity contribution in [2.75, 3.05) is 13.7 Å². The van der Waals surface area contributed by atoms with Crippen LogP contribution in [0, 0.1) is 6.92 Å². The molecule has 0 aliphatic rings. The van der Waals surface area contributed by atoms with E-state index in [0.29, 0.717) is 25.4 Å². The Morgan fingerprint density at radius 1 is 1.06 bits per heavy atom. The molecule has 3 aromatic rings. The smallest absolute Gasteiger partial charge is 0.191 e. The minimum atomic E-state index is 0. The number of nitrogens with zero attached hydrogens (tertiary/aromatic N) is 2. The zero-order valence-electron chi connectivity index (χ0n) is 18.1. The number of aromatic nitrogens is 1. The van der Waals surface area contributed by atoms with Crippen molar-refractivity contribution in [3.63, 3.8) is 0 Å². The van der Waals surface area contributed by atoms with Gasteiger partial charge in [-0.3, -0.25) is 0 Å². The van der Waals surface area contributed by atoms with Crippen LogP contribution in [0.15, 0.2) is 59.7 Å². The van der Waals surface area contributed by atoms with E-state index in [9.17, 15) is 0 Å². The van der Waals surface area contributed by atoms with Crippen LogP contribution in [0.1, 0.15) is 27.9 Å². The number of hydrogen-bond donors (Lipinski definition) is 2. The first-order chi connectivity index (χ1) is 14.7. The van der Waals surface area contributed by atoms with Gasteiger partial charge in [0.15, 0.2) is 17.5 Å². The third-order valence-corrected chi connectivity index (χ3v) is 5.22. The van der Waals surface area contributed by atoms with E-state index in [2.05, 4.69) is 27.5 Å². The molecule has 1 heterocycles. The Kier molecular flexibility index (Phi) is 10.6. The van der Waals surface area contributed by atoms with Gasteiger partial charge >= 0.3 is 0 Å².